The minimum Gasteiger partial charge on any atom is -0.423 e. The Hall–Kier alpha value is -2.83. The van der Waals surface area contributed by atoms with Gasteiger partial charge in [0.05, 0.1) is 5.56 Å². The van der Waals surface area contributed by atoms with Crippen molar-refractivity contribution in [2.75, 3.05) is 5.32 Å². The Morgan fingerprint density at radius 2 is 1.85 bits per heavy atom. The third-order valence-electron chi connectivity index (χ3n) is 5.93. The molecule has 168 valence electrons. The number of hydrogen-bond acceptors (Lipinski definition) is 4. The summed E-state index contributed by atoms with van der Waals surface area (Å²) in [6.07, 6.45) is 8.11. The molecule has 4 aromatic rings. The van der Waals surface area contributed by atoms with Gasteiger partial charge in [-0.05, 0) is 77.3 Å². The predicted molar refractivity (Wildman–Crippen MR) is 135 cm³/mol. The van der Waals surface area contributed by atoms with Crippen LogP contribution in [0.3, 0.4) is 0 Å². The van der Waals surface area contributed by atoms with Crippen molar-refractivity contribution in [3.63, 3.8) is 0 Å². The number of pyridine rings is 1. The highest BCUT2D eigenvalue weighted by atomic mass is 79.9. The lowest BCUT2D eigenvalue weighted by Crippen LogP contribution is -2.23. The number of rotatable bonds is 5. The van der Waals surface area contributed by atoms with Gasteiger partial charge < -0.3 is 10.1 Å². The summed E-state index contributed by atoms with van der Waals surface area (Å²) < 4.78 is 8.71. The van der Waals surface area contributed by atoms with E-state index < -0.39 is 5.97 Å². The number of ether oxygens (including phenoxy) is 1. The first-order valence-corrected chi connectivity index (χ1v) is 12.3. The number of hydrogen-bond donors (Lipinski definition) is 1. The number of fused-ring (bicyclic) bond motifs is 1. The highest BCUT2D eigenvalue weighted by Gasteiger charge is 2.20. The van der Waals surface area contributed by atoms with Crippen LogP contribution in [0, 0.1) is 0 Å². The largest absolute Gasteiger partial charge is 0.423 e. The highest BCUT2D eigenvalue weighted by Crippen LogP contribution is 2.34. The van der Waals surface area contributed by atoms with E-state index in [1.807, 2.05) is 36.5 Å². The quantitative estimate of drug-likeness (QED) is 0.219. The maximum absolute atomic E-state index is 12.6. The Morgan fingerprint density at radius 3 is 2.64 bits per heavy atom. The SMILES string of the molecule is O=C(Oc1cccc(-c2nc3ccc(Br)cn3c2NC2CCCCC2)c1)c1ccc(Cl)cc1. The van der Waals surface area contributed by atoms with E-state index in [2.05, 4.69) is 25.6 Å². The van der Waals surface area contributed by atoms with Crippen molar-refractivity contribution in [1.29, 1.82) is 0 Å². The van der Waals surface area contributed by atoms with Crippen molar-refractivity contribution in [3.8, 4) is 17.0 Å². The second-order valence-electron chi connectivity index (χ2n) is 8.29. The van der Waals surface area contributed by atoms with Crippen LogP contribution in [-0.4, -0.2) is 21.4 Å². The predicted octanol–water partition coefficient (Wildman–Crippen LogP) is 7.38. The monoisotopic (exact) mass is 523 g/mol. The van der Waals surface area contributed by atoms with Crippen molar-refractivity contribution in [2.45, 2.75) is 38.1 Å². The van der Waals surface area contributed by atoms with Crippen molar-refractivity contribution < 1.29 is 9.53 Å². The molecule has 2 heterocycles. The minimum atomic E-state index is -0.427. The summed E-state index contributed by atoms with van der Waals surface area (Å²) in [5.41, 5.74) is 3.02. The van der Waals surface area contributed by atoms with Gasteiger partial charge in [-0.25, -0.2) is 9.78 Å². The van der Waals surface area contributed by atoms with Gasteiger partial charge in [-0.1, -0.05) is 43.0 Å². The van der Waals surface area contributed by atoms with E-state index in [4.69, 9.17) is 21.3 Å². The highest BCUT2D eigenvalue weighted by molar-refractivity contribution is 9.10. The Kier molecular flexibility index (Phi) is 6.38. The fraction of sp³-hybridized carbons (Fsp3) is 0.231. The van der Waals surface area contributed by atoms with E-state index in [1.165, 1.54) is 19.3 Å². The molecular weight excluding hydrogens is 502 g/mol. The maximum Gasteiger partial charge on any atom is 0.343 e. The molecule has 0 atom stereocenters. The molecular formula is C26H23BrClN3O2. The van der Waals surface area contributed by atoms with Gasteiger partial charge in [0.25, 0.3) is 0 Å². The number of carbonyl (C=O) groups excluding carboxylic acids is 1. The van der Waals surface area contributed by atoms with Crippen LogP contribution in [0.5, 0.6) is 5.75 Å². The molecule has 0 unspecified atom stereocenters. The first-order valence-electron chi connectivity index (χ1n) is 11.1. The first kappa shape index (κ1) is 22.0. The third kappa shape index (κ3) is 4.92. The summed E-state index contributed by atoms with van der Waals surface area (Å²) in [6, 6.07) is 18.6. The number of nitrogens with one attached hydrogen (secondary N) is 1. The second kappa shape index (κ2) is 9.57. The number of nitrogens with zero attached hydrogens (tertiary/aromatic N) is 2. The number of esters is 1. The van der Waals surface area contributed by atoms with Crippen LogP contribution in [0.2, 0.25) is 5.02 Å². The zero-order chi connectivity index (χ0) is 22.8. The maximum atomic E-state index is 12.6. The number of halogens is 2. The zero-order valence-electron chi connectivity index (χ0n) is 17.9. The van der Waals surface area contributed by atoms with Gasteiger partial charge >= 0.3 is 5.97 Å². The second-order valence-corrected chi connectivity index (χ2v) is 9.64. The average Bonchev–Trinajstić information content (AvgIpc) is 3.18. The molecule has 0 amide bonds. The van der Waals surface area contributed by atoms with E-state index in [-0.39, 0.29) is 0 Å². The van der Waals surface area contributed by atoms with E-state index in [1.54, 1.807) is 30.3 Å². The van der Waals surface area contributed by atoms with Crippen molar-refractivity contribution in [3.05, 3.63) is 81.9 Å². The summed E-state index contributed by atoms with van der Waals surface area (Å²) in [4.78, 5) is 17.5. The molecule has 0 aliphatic heterocycles. The van der Waals surface area contributed by atoms with Crippen LogP contribution in [0.15, 0.2) is 71.3 Å². The molecule has 2 aromatic heterocycles. The first-order chi connectivity index (χ1) is 16.1. The van der Waals surface area contributed by atoms with Gasteiger partial charge in [-0.2, -0.15) is 0 Å². The summed E-state index contributed by atoms with van der Waals surface area (Å²) in [6.45, 7) is 0. The molecule has 0 radical (unpaired) electrons. The summed E-state index contributed by atoms with van der Waals surface area (Å²) in [5.74, 6) is 0.997. The number of aromatic nitrogens is 2. The van der Waals surface area contributed by atoms with Crippen LogP contribution >= 0.6 is 27.5 Å². The molecule has 1 fully saturated rings. The standard InChI is InChI=1S/C26H23BrClN3O2/c27-19-11-14-23-30-24(25(31(23)16-19)29-21-6-2-1-3-7-21)18-5-4-8-22(15-18)33-26(32)17-9-12-20(28)13-10-17/h4-5,8-16,21,29H,1-3,6-7H2. The van der Waals surface area contributed by atoms with Crippen LogP contribution < -0.4 is 10.1 Å². The molecule has 0 saturated heterocycles. The Morgan fingerprint density at radius 1 is 1.06 bits per heavy atom. The molecule has 0 spiro atoms. The molecule has 33 heavy (non-hydrogen) atoms. The smallest absolute Gasteiger partial charge is 0.343 e. The van der Waals surface area contributed by atoms with Gasteiger partial charge in [0.1, 0.15) is 22.9 Å². The van der Waals surface area contributed by atoms with Gasteiger partial charge in [0, 0.05) is 27.3 Å². The Labute approximate surface area is 205 Å². The lowest BCUT2D eigenvalue weighted by molar-refractivity contribution is 0.0735. The molecule has 1 aliphatic rings. The molecule has 1 N–H and O–H groups in total. The van der Waals surface area contributed by atoms with Crippen LogP contribution in [-0.2, 0) is 0 Å². The van der Waals surface area contributed by atoms with Gasteiger partial charge in [-0.3, -0.25) is 4.40 Å². The Balaban J connectivity index is 1.48. The summed E-state index contributed by atoms with van der Waals surface area (Å²) in [5, 5.41) is 4.32. The van der Waals surface area contributed by atoms with E-state index in [9.17, 15) is 4.79 Å². The zero-order valence-corrected chi connectivity index (χ0v) is 20.3. The van der Waals surface area contributed by atoms with Crippen LogP contribution in [0.1, 0.15) is 42.5 Å². The number of imidazole rings is 1. The average molecular weight is 525 g/mol. The normalized spacial score (nSPS) is 14.4. The van der Waals surface area contributed by atoms with Crippen LogP contribution in [0.25, 0.3) is 16.9 Å². The fourth-order valence-electron chi connectivity index (χ4n) is 4.26. The summed E-state index contributed by atoms with van der Waals surface area (Å²) >= 11 is 9.50. The molecule has 1 aliphatic carbocycles. The van der Waals surface area contributed by atoms with Crippen molar-refractivity contribution >= 4 is 45.0 Å². The lowest BCUT2D eigenvalue weighted by Gasteiger charge is -2.24. The topological polar surface area (TPSA) is 55.6 Å². The van der Waals surface area contributed by atoms with E-state index >= 15 is 0 Å². The molecule has 1 saturated carbocycles. The third-order valence-corrected chi connectivity index (χ3v) is 6.65. The number of carbonyl (C=O) groups is 1. The molecule has 2 aromatic carbocycles. The molecule has 5 nitrogen and oxygen atoms in total. The van der Waals surface area contributed by atoms with E-state index in [0.717, 1.165) is 40.0 Å². The van der Waals surface area contributed by atoms with Gasteiger partial charge in [-0.15, -0.1) is 0 Å². The molecule has 5 rings (SSSR count). The molecule has 0 bridgehead atoms. The van der Waals surface area contributed by atoms with Gasteiger partial charge in [0.2, 0.25) is 0 Å². The Bertz CT molecular complexity index is 1300. The number of benzene rings is 2. The fourth-order valence-corrected chi connectivity index (χ4v) is 4.72. The molecule has 7 heteroatoms. The van der Waals surface area contributed by atoms with E-state index in [0.29, 0.717) is 22.4 Å². The lowest BCUT2D eigenvalue weighted by atomic mass is 9.95. The van der Waals surface area contributed by atoms with Crippen molar-refractivity contribution in [1.82, 2.24) is 9.38 Å². The summed E-state index contributed by atoms with van der Waals surface area (Å²) in [7, 11) is 0. The number of anilines is 1. The van der Waals surface area contributed by atoms with Gasteiger partial charge in [0.15, 0.2) is 0 Å². The van der Waals surface area contributed by atoms with Crippen molar-refractivity contribution in [2.24, 2.45) is 0 Å². The van der Waals surface area contributed by atoms with Crippen LogP contribution in [0.4, 0.5) is 5.82 Å². The minimum absolute atomic E-state index is 0.419.